The molecule has 1 aromatic rings. The molecule has 2 N–H and O–H groups in total. The van der Waals surface area contributed by atoms with Crippen LogP contribution in [0.2, 0.25) is 0 Å². The molecule has 82 valence electrons. The van der Waals surface area contributed by atoms with Crippen LogP contribution in [0, 0.1) is 0 Å². The quantitative estimate of drug-likeness (QED) is 0.724. The molecule has 0 heterocycles. The van der Waals surface area contributed by atoms with Gasteiger partial charge in [0.05, 0.1) is 0 Å². The van der Waals surface area contributed by atoms with Gasteiger partial charge in [-0.1, -0.05) is 12.1 Å². The van der Waals surface area contributed by atoms with E-state index in [4.69, 9.17) is 10.5 Å². The Balaban J connectivity index is 2.30. The minimum atomic E-state index is 0.147. The van der Waals surface area contributed by atoms with Gasteiger partial charge in [-0.3, -0.25) is 4.79 Å². The maximum absolute atomic E-state index is 11.3. The fraction of sp³-hybridized carbons (Fsp3) is 0.417. The highest BCUT2D eigenvalue weighted by molar-refractivity contribution is 5.79. The summed E-state index contributed by atoms with van der Waals surface area (Å²) in [6, 6.07) is 7.59. The zero-order valence-corrected chi connectivity index (χ0v) is 9.03. The lowest BCUT2D eigenvalue weighted by Gasteiger charge is -2.02. The van der Waals surface area contributed by atoms with E-state index in [0.29, 0.717) is 13.0 Å². The first kappa shape index (κ1) is 11.7. The average molecular weight is 207 g/mol. The van der Waals surface area contributed by atoms with E-state index in [1.807, 2.05) is 31.2 Å². The van der Waals surface area contributed by atoms with E-state index in [1.165, 1.54) is 0 Å². The van der Waals surface area contributed by atoms with E-state index >= 15 is 0 Å². The summed E-state index contributed by atoms with van der Waals surface area (Å²) in [6.45, 7) is 2.70. The molecule has 0 amide bonds. The largest absolute Gasteiger partial charge is 0.399 e. The Morgan fingerprint density at radius 1 is 1.33 bits per heavy atom. The Morgan fingerprint density at radius 3 is 2.60 bits per heavy atom. The first-order valence-electron chi connectivity index (χ1n) is 5.16. The SMILES string of the molecule is CCOCC(=O)CCc1ccc(N)cc1. The second kappa shape index (κ2) is 6.19. The van der Waals surface area contributed by atoms with Crippen molar-refractivity contribution in [1.29, 1.82) is 0 Å². The Morgan fingerprint density at radius 2 is 2.00 bits per heavy atom. The molecule has 0 aromatic heterocycles. The number of carbonyl (C=O) groups excluding carboxylic acids is 1. The first-order chi connectivity index (χ1) is 7.22. The number of benzene rings is 1. The van der Waals surface area contributed by atoms with Gasteiger partial charge in [-0.2, -0.15) is 0 Å². The van der Waals surface area contributed by atoms with Gasteiger partial charge in [0.15, 0.2) is 5.78 Å². The minimum Gasteiger partial charge on any atom is -0.399 e. The zero-order chi connectivity index (χ0) is 11.1. The summed E-state index contributed by atoms with van der Waals surface area (Å²) < 4.78 is 5.03. The molecule has 3 nitrogen and oxygen atoms in total. The molecule has 0 saturated heterocycles. The fourth-order valence-corrected chi connectivity index (χ4v) is 1.26. The lowest BCUT2D eigenvalue weighted by Crippen LogP contribution is -2.09. The predicted octanol–water partition coefficient (Wildman–Crippen LogP) is 1.81. The average Bonchev–Trinajstić information content (AvgIpc) is 2.25. The maximum atomic E-state index is 11.3. The van der Waals surface area contributed by atoms with Gasteiger partial charge in [-0.25, -0.2) is 0 Å². The number of nitrogens with two attached hydrogens (primary N) is 1. The second-order valence-electron chi connectivity index (χ2n) is 3.42. The van der Waals surface area contributed by atoms with Gasteiger partial charge in [0, 0.05) is 18.7 Å². The van der Waals surface area contributed by atoms with Crippen molar-refractivity contribution in [3.8, 4) is 0 Å². The van der Waals surface area contributed by atoms with Gasteiger partial charge < -0.3 is 10.5 Å². The Kier molecular flexibility index (Phi) is 4.84. The van der Waals surface area contributed by atoms with Crippen LogP contribution in [-0.2, 0) is 16.0 Å². The van der Waals surface area contributed by atoms with E-state index in [-0.39, 0.29) is 12.4 Å². The summed E-state index contributed by atoms with van der Waals surface area (Å²) in [5.74, 6) is 0.147. The predicted molar refractivity (Wildman–Crippen MR) is 60.7 cm³/mol. The molecule has 0 aliphatic heterocycles. The third-order valence-electron chi connectivity index (χ3n) is 2.14. The highest BCUT2D eigenvalue weighted by Gasteiger charge is 2.02. The number of carbonyl (C=O) groups is 1. The summed E-state index contributed by atoms with van der Waals surface area (Å²) in [6.07, 6.45) is 1.29. The van der Waals surface area contributed by atoms with Crippen molar-refractivity contribution in [2.45, 2.75) is 19.8 Å². The molecule has 1 aromatic carbocycles. The lowest BCUT2D eigenvalue weighted by molar-refractivity contribution is -0.123. The minimum absolute atomic E-state index is 0.147. The third-order valence-corrected chi connectivity index (χ3v) is 2.14. The Labute approximate surface area is 90.2 Å². The summed E-state index contributed by atoms with van der Waals surface area (Å²) in [5.41, 5.74) is 7.44. The number of hydrogen-bond donors (Lipinski definition) is 1. The van der Waals surface area contributed by atoms with Crippen molar-refractivity contribution in [2.75, 3.05) is 18.9 Å². The van der Waals surface area contributed by atoms with Crippen molar-refractivity contribution < 1.29 is 9.53 Å². The standard InChI is InChI=1S/C12H17NO2/c1-2-15-9-12(14)8-5-10-3-6-11(13)7-4-10/h3-4,6-7H,2,5,8-9,13H2,1H3. The second-order valence-corrected chi connectivity index (χ2v) is 3.42. The Hall–Kier alpha value is -1.35. The van der Waals surface area contributed by atoms with Crippen molar-refractivity contribution in [3.05, 3.63) is 29.8 Å². The molecule has 0 radical (unpaired) electrons. The number of ketones is 1. The molecule has 0 fully saturated rings. The molecule has 15 heavy (non-hydrogen) atoms. The third kappa shape index (κ3) is 4.61. The molecule has 0 atom stereocenters. The lowest BCUT2D eigenvalue weighted by atomic mass is 10.1. The molecule has 1 rings (SSSR count). The number of nitrogen functional groups attached to an aromatic ring is 1. The van der Waals surface area contributed by atoms with E-state index in [9.17, 15) is 4.79 Å². The highest BCUT2D eigenvalue weighted by Crippen LogP contribution is 2.07. The number of ether oxygens (including phenoxy) is 1. The molecule has 3 heteroatoms. The fourth-order valence-electron chi connectivity index (χ4n) is 1.26. The Bertz CT molecular complexity index is 306. The van der Waals surface area contributed by atoms with Gasteiger partial charge in [-0.15, -0.1) is 0 Å². The molecule has 0 aliphatic rings. The van der Waals surface area contributed by atoms with Crippen LogP contribution < -0.4 is 5.73 Å². The molecule has 0 aliphatic carbocycles. The van der Waals surface area contributed by atoms with Crippen LogP contribution in [0.5, 0.6) is 0 Å². The van der Waals surface area contributed by atoms with Crippen LogP contribution in [0.25, 0.3) is 0 Å². The van der Waals surface area contributed by atoms with Gasteiger partial charge in [0.2, 0.25) is 0 Å². The smallest absolute Gasteiger partial charge is 0.158 e. The van der Waals surface area contributed by atoms with Crippen molar-refractivity contribution in [2.24, 2.45) is 0 Å². The van der Waals surface area contributed by atoms with Crippen LogP contribution >= 0.6 is 0 Å². The molecule has 0 saturated carbocycles. The van der Waals surface area contributed by atoms with E-state index in [0.717, 1.165) is 17.7 Å². The first-order valence-corrected chi connectivity index (χ1v) is 5.16. The van der Waals surface area contributed by atoms with E-state index < -0.39 is 0 Å². The molecule has 0 unspecified atom stereocenters. The molecule has 0 bridgehead atoms. The monoisotopic (exact) mass is 207 g/mol. The van der Waals surface area contributed by atoms with Crippen molar-refractivity contribution in [1.82, 2.24) is 0 Å². The number of anilines is 1. The van der Waals surface area contributed by atoms with Gasteiger partial charge >= 0.3 is 0 Å². The summed E-state index contributed by atoms with van der Waals surface area (Å²) in [4.78, 5) is 11.3. The molecular weight excluding hydrogens is 190 g/mol. The summed E-state index contributed by atoms with van der Waals surface area (Å²) in [5, 5.41) is 0. The van der Waals surface area contributed by atoms with Gasteiger partial charge in [-0.05, 0) is 31.0 Å². The van der Waals surface area contributed by atoms with Crippen LogP contribution in [-0.4, -0.2) is 19.0 Å². The normalized spacial score (nSPS) is 10.2. The maximum Gasteiger partial charge on any atom is 0.158 e. The van der Waals surface area contributed by atoms with Crippen LogP contribution in [0.4, 0.5) is 5.69 Å². The number of aryl methyl sites for hydroxylation is 1. The van der Waals surface area contributed by atoms with Crippen molar-refractivity contribution in [3.63, 3.8) is 0 Å². The number of rotatable bonds is 6. The summed E-state index contributed by atoms with van der Waals surface area (Å²) >= 11 is 0. The van der Waals surface area contributed by atoms with Gasteiger partial charge in [0.1, 0.15) is 6.61 Å². The number of Topliss-reactive ketones (excluding diaryl/α,β-unsaturated/α-hetero) is 1. The van der Waals surface area contributed by atoms with E-state index in [2.05, 4.69) is 0 Å². The molecular formula is C12H17NO2. The zero-order valence-electron chi connectivity index (χ0n) is 9.03. The van der Waals surface area contributed by atoms with Crippen LogP contribution in [0.1, 0.15) is 18.9 Å². The number of hydrogen-bond acceptors (Lipinski definition) is 3. The van der Waals surface area contributed by atoms with Crippen LogP contribution in [0.3, 0.4) is 0 Å². The molecule has 0 spiro atoms. The summed E-state index contributed by atoms with van der Waals surface area (Å²) in [7, 11) is 0. The van der Waals surface area contributed by atoms with Crippen LogP contribution in [0.15, 0.2) is 24.3 Å². The van der Waals surface area contributed by atoms with E-state index in [1.54, 1.807) is 0 Å². The topological polar surface area (TPSA) is 52.3 Å². The van der Waals surface area contributed by atoms with Gasteiger partial charge in [0.25, 0.3) is 0 Å². The van der Waals surface area contributed by atoms with Crippen molar-refractivity contribution >= 4 is 11.5 Å². The highest BCUT2D eigenvalue weighted by atomic mass is 16.5.